The van der Waals surface area contributed by atoms with Crippen LogP contribution in [0, 0.1) is 5.92 Å². The van der Waals surface area contributed by atoms with Crippen LogP contribution in [-0.2, 0) is 11.2 Å². The summed E-state index contributed by atoms with van der Waals surface area (Å²) >= 11 is 0. The van der Waals surface area contributed by atoms with Gasteiger partial charge in [-0.1, -0.05) is 60.7 Å². The zero-order valence-corrected chi connectivity index (χ0v) is 12.3. The number of hydrogen-bond acceptors (Lipinski definition) is 2. The summed E-state index contributed by atoms with van der Waals surface area (Å²) in [5, 5.41) is 3.05. The molecule has 2 atom stereocenters. The Kier molecular flexibility index (Phi) is 5.52. The highest BCUT2D eigenvalue weighted by Gasteiger charge is 2.19. The average molecular weight is 282 g/mol. The molecule has 2 rings (SSSR count). The topological polar surface area (TPSA) is 55.1 Å². The van der Waals surface area contributed by atoms with Crippen molar-refractivity contribution in [2.45, 2.75) is 19.4 Å². The molecule has 21 heavy (non-hydrogen) atoms. The van der Waals surface area contributed by atoms with Crippen LogP contribution in [-0.4, -0.2) is 12.5 Å². The van der Waals surface area contributed by atoms with E-state index in [1.54, 1.807) is 0 Å². The van der Waals surface area contributed by atoms with Gasteiger partial charge in [0.1, 0.15) is 0 Å². The smallest absolute Gasteiger partial charge is 0.225 e. The average Bonchev–Trinajstić information content (AvgIpc) is 2.54. The van der Waals surface area contributed by atoms with E-state index in [9.17, 15) is 4.79 Å². The summed E-state index contributed by atoms with van der Waals surface area (Å²) < 4.78 is 0. The second-order valence-corrected chi connectivity index (χ2v) is 5.26. The van der Waals surface area contributed by atoms with Crippen molar-refractivity contribution < 1.29 is 4.79 Å². The van der Waals surface area contributed by atoms with Crippen molar-refractivity contribution in [2.24, 2.45) is 11.7 Å². The van der Waals surface area contributed by atoms with Crippen molar-refractivity contribution in [3.63, 3.8) is 0 Å². The fraction of sp³-hybridized carbons (Fsp3) is 0.278. The standard InChI is InChI=1S/C18H22N2O/c1-14(16-10-6-3-7-11-16)20-18(21)17(13-19)12-15-8-4-2-5-9-15/h2-11,14,17H,12-13,19H2,1H3,(H,20,21). The Morgan fingerprint density at radius 2 is 1.62 bits per heavy atom. The second kappa shape index (κ2) is 7.60. The van der Waals surface area contributed by atoms with Gasteiger partial charge in [0.05, 0.1) is 12.0 Å². The highest BCUT2D eigenvalue weighted by Crippen LogP contribution is 2.14. The Morgan fingerprint density at radius 1 is 1.05 bits per heavy atom. The molecule has 0 bridgehead atoms. The highest BCUT2D eigenvalue weighted by atomic mass is 16.1. The van der Waals surface area contributed by atoms with Crippen molar-refractivity contribution in [3.8, 4) is 0 Å². The molecule has 2 aromatic carbocycles. The molecule has 3 nitrogen and oxygen atoms in total. The van der Waals surface area contributed by atoms with Gasteiger partial charge in [0, 0.05) is 6.54 Å². The summed E-state index contributed by atoms with van der Waals surface area (Å²) in [6.07, 6.45) is 0.671. The van der Waals surface area contributed by atoms with Gasteiger partial charge in [-0.3, -0.25) is 4.79 Å². The third-order valence-electron chi connectivity index (χ3n) is 3.64. The van der Waals surface area contributed by atoms with Gasteiger partial charge in [-0.15, -0.1) is 0 Å². The molecule has 0 aliphatic carbocycles. The quantitative estimate of drug-likeness (QED) is 0.856. The summed E-state index contributed by atoms with van der Waals surface area (Å²) in [5.74, 6) is -0.184. The molecular formula is C18H22N2O. The van der Waals surface area contributed by atoms with E-state index in [0.29, 0.717) is 13.0 Å². The highest BCUT2D eigenvalue weighted by molar-refractivity contribution is 5.79. The Morgan fingerprint density at radius 3 is 2.19 bits per heavy atom. The minimum absolute atomic E-state index is 0.0106. The maximum absolute atomic E-state index is 12.4. The van der Waals surface area contributed by atoms with Gasteiger partial charge < -0.3 is 11.1 Å². The zero-order valence-electron chi connectivity index (χ0n) is 12.3. The molecule has 0 fully saturated rings. The molecule has 0 radical (unpaired) electrons. The normalized spacial score (nSPS) is 13.4. The number of benzene rings is 2. The fourth-order valence-electron chi connectivity index (χ4n) is 2.34. The summed E-state index contributed by atoms with van der Waals surface area (Å²) in [6, 6.07) is 19.9. The Labute approximate surface area is 126 Å². The predicted molar refractivity (Wildman–Crippen MR) is 85.7 cm³/mol. The fourth-order valence-corrected chi connectivity index (χ4v) is 2.34. The number of rotatable bonds is 6. The molecule has 0 aromatic heterocycles. The van der Waals surface area contributed by atoms with E-state index in [4.69, 9.17) is 5.73 Å². The number of carbonyl (C=O) groups excluding carboxylic acids is 1. The van der Waals surface area contributed by atoms with Gasteiger partial charge in [0.2, 0.25) is 5.91 Å². The second-order valence-electron chi connectivity index (χ2n) is 5.26. The lowest BCUT2D eigenvalue weighted by Crippen LogP contribution is -2.37. The lowest BCUT2D eigenvalue weighted by Gasteiger charge is -2.19. The summed E-state index contributed by atoms with van der Waals surface area (Å²) in [6.45, 7) is 2.34. The lowest BCUT2D eigenvalue weighted by atomic mass is 9.98. The first-order chi connectivity index (χ1) is 10.2. The van der Waals surface area contributed by atoms with Crippen molar-refractivity contribution in [3.05, 3.63) is 71.8 Å². The van der Waals surface area contributed by atoms with Crippen molar-refractivity contribution in [1.82, 2.24) is 5.32 Å². The van der Waals surface area contributed by atoms with Crippen LogP contribution in [0.2, 0.25) is 0 Å². The van der Waals surface area contributed by atoms with Crippen LogP contribution in [0.5, 0.6) is 0 Å². The van der Waals surface area contributed by atoms with E-state index in [1.807, 2.05) is 67.6 Å². The molecule has 0 heterocycles. The van der Waals surface area contributed by atoms with Crippen LogP contribution in [0.1, 0.15) is 24.1 Å². The lowest BCUT2D eigenvalue weighted by molar-refractivity contribution is -0.125. The minimum atomic E-state index is -0.196. The number of nitrogens with one attached hydrogen (secondary N) is 1. The maximum Gasteiger partial charge on any atom is 0.225 e. The monoisotopic (exact) mass is 282 g/mol. The molecule has 0 aliphatic heterocycles. The molecule has 3 N–H and O–H groups in total. The summed E-state index contributed by atoms with van der Waals surface area (Å²) in [5.41, 5.74) is 8.01. The number of nitrogens with two attached hydrogens (primary N) is 1. The number of hydrogen-bond donors (Lipinski definition) is 2. The van der Waals surface area contributed by atoms with E-state index >= 15 is 0 Å². The molecule has 0 saturated heterocycles. The van der Waals surface area contributed by atoms with Crippen LogP contribution in [0.4, 0.5) is 0 Å². The third kappa shape index (κ3) is 4.43. The van der Waals surface area contributed by atoms with Crippen LogP contribution >= 0.6 is 0 Å². The first kappa shape index (κ1) is 15.3. The van der Waals surface area contributed by atoms with E-state index in [2.05, 4.69) is 5.32 Å². The first-order valence-corrected chi connectivity index (χ1v) is 7.30. The largest absolute Gasteiger partial charge is 0.349 e. The van der Waals surface area contributed by atoms with Gasteiger partial charge in [-0.25, -0.2) is 0 Å². The zero-order chi connectivity index (χ0) is 15.1. The Balaban J connectivity index is 1.97. The van der Waals surface area contributed by atoms with Crippen LogP contribution in [0.3, 0.4) is 0 Å². The summed E-state index contributed by atoms with van der Waals surface area (Å²) in [4.78, 5) is 12.4. The molecule has 1 amide bonds. The first-order valence-electron chi connectivity index (χ1n) is 7.30. The molecule has 110 valence electrons. The Bertz CT molecular complexity index is 554. The molecule has 0 spiro atoms. The third-order valence-corrected chi connectivity index (χ3v) is 3.64. The van der Waals surface area contributed by atoms with E-state index in [1.165, 1.54) is 0 Å². The van der Waals surface area contributed by atoms with E-state index in [0.717, 1.165) is 11.1 Å². The van der Waals surface area contributed by atoms with Gasteiger partial charge in [0.25, 0.3) is 0 Å². The predicted octanol–water partition coefficient (Wildman–Crippen LogP) is 2.68. The van der Waals surface area contributed by atoms with Crippen LogP contribution in [0.15, 0.2) is 60.7 Å². The number of amides is 1. The van der Waals surface area contributed by atoms with Crippen LogP contribution < -0.4 is 11.1 Å². The molecule has 2 aromatic rings. The van der Waals surface area contributed by atoms with Gasteiger partial charge in [-0.05, 0) is 24.5 Å². The maximum atomic E-state index is 12.4. The Hall–Kier alpha value is -2.13. The minimum Gasteiger partial charge on any atom is -0.349 e. The molecule has 0 saturated carbocycles. The van der Waals surface area contributed by atoms with Gasteiger partial charge >= 0.3 is 0 Å². The van der Waals surface area contributed by atoms with E-state index in [-0.39, 0.29) is 17.9 Å². The SMILES string of the molecule is CC(NC(=O)C(CN)Cc1ccccc1)c1ccccc1. The molecule has 2 unspecified atom stereocenters. The van der Waals surface area contributed by atoms with Crippen molar-refractivity contribution >= 4 is 5.91 Å². The molecule has 3 heteroatoms. The van der Waals surface area contributed by atoms with Crippen LogP contribution in [0.25, 0.3) is 0 Å². The number of carbonyl (C=O) groups is 1. The molecule has 0 aliphatic rings. The van der Waals surface area contributed by atoms with Gasteiger partial charge in [0.15, 0.2) is 0 Å². The molecular weight excluding hydrogens is 260 g/mol. The van der Waals surface area contributed by atoms with Gasteiger partial charge in [-0.2, -0.15) is 0 Å². The van der Waals surface area contributed by atoms with Crippen molar-refractivity contribution in [1.29, 1.82) is 0 Å². The van der Waals surface area contributed by atoms with E-state index < -0.39 is 0 Å². The summed E-state index contributed by atoms with van der Waals surface area (Å²) in [7, 11) is 0. The van der Waals surface area contributed by atoms with Crippen molar-refractivity contribution in [2.75, 3.05) is 6.54 Å².